The number of benzene rings is 2. The lowest BCUT2D eigenvalue weighted by atomic mass is 10.1. The lowest BCUT2D eigenvalue weighted by Gasteiger charge is -2.34. The van der Waals surface area contributed by atoms with Gasteiger partial charge >= 0.3 is 6.09 Å². The molecule has 0 aliphatic carbocycles. The molecule has 168 valence electrons. The number of rotatable bonds is 6. The van der Waals surface area contributed by atoms with Crippen LogP contribution in [-0.4, -0.2) is 78.7 Å². The van der Waals surface area contributed by atoms with Gasteiger partial charge in [0.1, 0.15) is 6.61 Å². The second-order valence-corrected chi connectivity index (χ2v) is 9.77. The molecule has 3 rings (SSSR count). The summed E-state index contributed by atoms with van der Waals surface area (Å²) < 4.78 is 5.46. The van der Waals surface area contributed by atoms with Crippen LogP contribution in [0.3, 0.4) is 0 Å². The van der Waals surface area contributed by atoms with Gasteiger partial charge in [-0.25, -0.2) is 4.79 Å². The normalized spacial score (nSPS) is 13.6. The van der Waals surface area contributed by atoms with Gasteiger partial charge < -0.3 is 36.8 Å². The standard InChI is InChI=1S/C22H27N3O4S.BrH/c1-30(2)16-20(26)23-14-21(27)24-9-11-25(12-10-24)22(28)29-15-17-7-8-18-5-3-4-6-19(18)13-17;/h3-8,13H,9-12,14-16H2,1-2H3;1H. The fourth-order valence-corrected chi connectivity index (χ4v) is 3.93. The summed E-state index contributed by atoms with van der Waals surface area (Å²) in [5.41, 5.74) is 0.939. The number of fused-ring (bicyclic) bond motifs is 1. The minimum atomic E-state index is -0.374. The fourth-order valence-electron chi connectivity index (χ4n) is 3.30. The van der Waals surface area contributed by atoms with Crippen molar-refractivity contribution in [1.29, 1.82) is 0 Å². The number of hydrogen-bond donors (Lipinski definition) is 1. The zero-order valence-corrected chi connectivity index (χ0v) is 20.2. The summed E-state index contributed by atoms with van der Waals surface area (Å²) in [6.07, 6.45) is 3.60. The van der Waals surface area contributed by atoms with Crippen LogP contribution in [0.5, 0.6) is 0 Å². The van der Waals surface area contributed by atoms with Gasteiger partial charge in [-0.3, -0.25) is 9.59 Å². The maximum Gasteiger partial charge on any atom is 0.410 e. The molecule has 2 aromatic rings. The molecule has 1 heterocycles. The molecule has 0 bridgehead atoms. The van der Waals surface area contributed by atoms with Gasteiger partial charge in [-0.1, -0.05) is 36.4 Å². The molecule has 0 radical (unpaired) electrons. The molecule has 31 heavy (non-hydrogen) atoms. The van der Waals surface area contributed by atoms with Crippen molar-refractivity contribution in [3.8, 4) is 0 Å². The Hall–Kier alpha value is -2.26. The molecule has 1 N–H and O–H groups in total. The summed E-state index contributed by atoms with van der Waals surface area (Å²) in [7, 11) is 0.00657. The maximum atomic E-state index is 12.4. The molecule has 2 aromatic carbocycles. The van der Waals surface area contributed by atoms with Crippen LogP contribution < -0.4 is 22.3 Å². The monoisotopic (exact) mass is 509 g/mol. The van der Waals surface area contributed by atoms with Crippen LogP contribution in [0, 0.1) is 0 Å². The van der Waals surface area contributed by atoms with Crippen LogP contribution in [0.15, 0.2) is 42.5 Å². The van der Waals surface area contributed by atoms with Crippen molar-refractivity contribution in [2.45, 2.75) is 6.61 Å². The first-order valence-electron chi connectivity index (χ1n) is 9.90. The predicted octanol–water partition coefficient (Wildman–Crippen LogP) is -1.38. The third kappa shape index (κ3) is 7.43. The van der Waals surface area contributed by atoms with E-state index in [1.165, 1.54) is 0 Å². The van der Waals surface area contributed by atoms with Crippen molar-refractivity contribution < 1.29 is 36.1 Å². The Morgan fingerprint density at radius 1 is 0.968 bits per heavy atom. The van der Waals surface area contributed by atoms with E-state index in [-0.39, 0.29) is 58.9 Å². The van der Waals surface area contributed by atoms with Gasteiger partial charge in [0.15, 0.2) is 5.75 Å². The van der Waals surface area contributed by atoms with Gasteiger partial charge in [-0.2, -0.15) is 0 Å². The first kappa shape index (κ1) is 25.0. The molecule has 7 nitrogen and oxygen atoms in total. The fraction of sp³-hybridized carbons (Fsp3) is 0.409. The molecule has 9 heteroatoms. The van der Waals surface area contributed by atoms with E-state index in [2.05, 4.69) is 5.32 Å². The van der Waals surface area contributed by atoms with E-state index in [9.17, 15) is 14.4 Å². The average Bonchev–Trinajstić information content (AvgIpc) is 2.75. The van der Waals surface area contributed by atoms with Crippen molar-refractivity contribution in [1.82, 2.24) is 15.1 Å². The predicted molar refractivity (Wildman–Crippen MR) is 119 cm³/mol. The Labute approximate surface area is 196 Å². The molecular formula is C22H28BrN3O4S. The summed E-state index contributed by atoms with van der Waals surface area (Å²) in [5.74, 6) is 0.205. The zero-order chi connectivity index (χ0) is 21.5. The van der Waals surface area contributed by atoms with Gasteiger partial charge in [0.2, 0.25) is 5.91 Å². The average molecular weight is 510 g/mol. The first-order chi connectivity index (χ1) is 14.4. The molecule has 1 fully saturated rings. The van der Waals surface area contributed by atoms with E-state index in [4.69, 9.17) is 4.74 Å². The molecule has 3 amide bonds. The Morgan fingerprint density at radius 2 is 1.61 bits per heavy atom. The SMILES string of the molecule is C[S+](C)CC(=O)NCC(=O)N1CCN(C(=O)OCc2ccc3ccccc3c2)CC1.[Br-]. The summed E-state index contributed by atoms with van der Waals surface area (Å²) in [4.78, 5) is 39.6. The highest BCUT2D eigenvalue weighted by Crippen LogP contribution is 2.16. The quantitative estimate of drug-likeness (QED) is 0.486. The molecule has 0 aromatic heterocycles. The van der Waals surface area contributed by atoms with Crippen molar-refractivity contribution in [3.63, 3.8) is 0 Å². The van der Waals surface area contributed by atoms with Crippen molar-refractivity contribution in [2.75, 3.05) is 51.0 Å². The second kappa shape index (κ2) is 12.0. The molecule has 1 saturated heterocycles. The molecule has 0 saturated carbocycles. The number of halogens is 1. The number of carbonyl (C=O) groups excluding carboxylic acids is 3. The number of carbonyl (C=O) groups is 3. The van der Waals surface area contributed by atoms with Crippen molar-refractivity contribution in [3.05, 3.63) is 48.0 Å². The topological polar surface area (TPSA) is 79.0 Å². The van der Waals surface area contributed by atoms with E-state index in [1.54, 1.807) is 9.80 Å². The number of amides is 3. The Kier molecular flexibility index (Phi) is 9.64. The molecular weight excluding hydrogens is 482 g/mol. The highest BCUT2D eigenvalue weighted by Gasteiger charge is 2.25. The summed E-state index contributed by atoms with van der Waals surface area (Å²) in [5, 5.41) is 4.93. The number of nitrogens with one attached hydrogen (secondary N) is 1. The summed E-state index contributed by atoms with van der Waals surface area (Å²) in [6.45, 7) is 1.93. The van der Waals surface area contributed by atoms with Gasteiger partial charge in [0.05, 0.1) is 19.1 Å². The third-order valence-corrected chi connectivity index (χ3v) is 5.76. The Morgan fingerprint density at radius 3 is 2.29 bits per heavy atom. The van der Waals surface area contributed by atoms with Crippen LogP contribution >= 0.6 is 0 Å². The van der Waals surface area contributed by atoms with Crippen molar-refractivity contribution in [2.24, 2.45) is 0 Å². The number of ether oxygens (including phenoxy) is 1. The Bertz CT molecular complexity index is 917. The van der Waals surface area contributed by atoms with Gasteiger partial charge in [0, 0.05) is 26.2 Å². The van der Waals surface area contributed by atoms with E-state index in [1.807, 2.05) is 55.0 Å². The lowest BCUT2D eigenvalue weighted by molar-refractivity contribution is -0.133. The first-order valence-corrected chi connectivity index (χ1v) is 12.1. The highest BCUT2D eigenvalue weighted by atomic mass is 79.9. The molecule has 1 aliphatic rings. The molecule has 0 atom stereocenters. The zero-order valence-electron chi connectivity index (χ0n) is 17.8. The number of hydrogen-bond acceptors (Lipinski definition) is 4. The minimum Gasteiger partial charge on any atom is -1.00 e. The third-order valence-electron chi connectivity index (χ3n) is 4.92. The molecule has 0 unspecified atom stereocenters. The van der Waals surface area contributed by atoms with Gasteiger partial charge in [-0.15, -0.1) is 0 Å². The van der Waals surface area contributed by atoms with Crippen LogP contribution in [0.1, 0.15) is 5.56 Å². The van der Waals surface area contributed by atoms with E-state index < -0.39 is 0 Å². The lowest BCUT2D eigenvalue weighted by Crippen LogP contribution is -3.00. The summed E-state index contributed by atoms with van der Waals surface area (Å²) in [6, 6.07) is 14.0. The summed E-state index contributed by atoms with van der Waals surface area (Å²) >= 11 is 0. The van der Waals surface area contributed by atoms with Gasteiger partial charge in [0.25, 0.3) is 5.91 Å². The highest BCUT2D eigenvalue weighted by molar-refractivity contribution is 7.96. The van der Waals surface area contributed by atoms with E-state index in [0.29, 0.717) is 31.9 Å². The van der Waals surface area contributed by atoms with E-state index >= 15 is 0 Å². The van der Waals surface area contributed by atoms with Crippen LogP contribution in [-0.2, 0) is 31.8 Å². The van der Waals surface area contributed by atoms with E-state index in [0.717, 1.165) is 16.3 Å². The van der Waals surface area contributed by atoms with Crippen LogP contribution in [0.2, 0.25) is 0 Å². The van der Waals surface area contributed by atoms with Gasteiger partial charge in [-0.05, 0) is 33.3 Å². The largest absolute Gasteiger partial charge is 1.00 e. The Balaban J connectivity index is 0.00000341. The van der Waals surface area contributed by atoms with Crippen LogP contribution in [0.25, 0.3) is 10.8 Å². The van der Waals surface area contributed by atoms with Crippen molar-refractivity contribution >= 4 is 39.6 Å². The number of piperazine rings is 1. The molecule has 0 spiro atoms. The number of nitrogens with zero attached hydrogens (tertiary/aromatic N) is 2. The second-order valence-electron chi connectivity index (χ2n) is 7.51. The van der Waals surface area contributed by atoms with Crippen LogP contribution in [0.4, 0.5) is 4.79 Å². The maximum absolute atomic E-state index is 12.4. The smallest absolute Gasteiger partial charge is 0.410 e. The molecule has 1 aliphatic heterocycles. The minimum absolute atomic E-state index is 0.